The minimum Gasteiger partial charge on any atom is -0.356 e. The second-order valence-corrected chi connectivity index (χ2v) is 6.85. The lowest BCUT2D eigenvalue weighted by Crippen LogP contribution is -2.52. The summed E-state index contributed by atoms with van der Waals surface area (Å²) in [4.78, 5) is 20.2. The number of carbonyl (C=O) groups is 1. The highest BCUT2D eigenvalue weighted by atomic mass is 16.7. The summed E-state index contributed by atoms with van der Waals surface area (Å²) in [7, 11) is 3.51. The molecule has 2 fully saturated rings. The van der Waals surface area contributed by atoms with Crippen molar-refractivity contribution in [2.24, 2.45) is 10.9 Å². The third-order valence-corrected chi connectivity index (χ3v) is 4.72. The summed E-state index contributed by atoms with van der Waals surface area (Å²) in [5.41, 5.74) is 0. The Hall–Kier alpha value is -1.34. The van der Waals surface area contributed by atoms with E-state index >= 15 is 0 Å². The zero-order valence-corrected chi connectivity index (χ0v) is 15.5. The largest absolute Gasteiger partial charge is 0.356 e. The van der Waals surface area contributed by atoms with Gasteiger partial charge in [-0.15, -0.1) is 0 Å². The van der Waals surface area contributed by atoms with Crippen molar-refractivity contribution in [2.45, 2.75) is 38.9 Å². The first-order valence-corrected chi connectivity index (χ1v) is 8.97. The van der Waals surface area contributed by atoms with Crippen LogP contribution in [0.2, 0.25) is 0 Å². The Morgan fingerprint density at radius 3 is 2.71 bits per heavy atom. The van der Waals surface area contributed by atoms with Gasteiger partial charge in [0.1, 0.15) is 6.54 Å². The topological polar surface area (TPSA) is 66.4 Å². The molecule has 2 aliphatic heterocycles. The molecule has 0 spiro atoms. The number of amides is 1. The summed E-state index contributed by atoms with van der Waals surface area (Å²) in [5, 5.41) is 3.38. The fraction of sp³-hybridized carbons (Fsp3) is 0.882. The van der Waals surface area contributed by atoms with Gasteiger partial charge in [0.2, 0.25) is 5.91 Å². The van der Waals surface area contributed by atoms with Gasteiger partial charge >= 0.3 is 0 Å². The van der Waals surface area contributed by atoms with Crippen molar-refractivity contribution < 1.29 is 14.3 Å². The van der Waals surface area contributed by atoms with Gasteiger partial charge in [-0.25, -0.2) is 4.99 Å². The number of likely N-dealkylation sites (N-methyl/N-ethyl adjacent to an activating group) is 1. The van der Waals surface area contributed by atoms with E-state index in [1.807, 2.05) is 6.92 Å². The van der Waals surface area contributed by atoms with Crippen molar-refractivity contribution in [3.05, 3.63) is 0 Å². The van der Waals surface area contributed by atoms with Gasteiger partial charge in [0.05, 0.1) is 13.2 Å². The molecule has 2 rings (SSSR count). The van der Waals surface area contributed by atoms with Crippen LogP contribution in [-0.4, -0.2) is 80.9 Å². The molecule has 2 saturated heterocycles. The molecule has 1 N–H and O–H groups in total. The predicted octanol–water partition coefficient (Wildman–Crippen LogP) is 0.905. The van der Waals surface area contributed by atoms with Crippen LogP contribution in [0.1, 0.15) is 33.1 Å². The van der Waals surface area contributed by atoms with Crippen molar-refractivity contribution in [1.82, 2.24) is 15.1 Å². The van der Waals surface area contributed by atoms with Crippen LogP contribution in [-0.2, 0) is 14.3 Å². The molecule has 0 aromatic heterocycles. The smallest absolute Gasteiger partial charge is 0.243 e. The zero-order valence-electron chi connectivity index (χ0n) is 15.5. The standard InChI is InChI=1S/C17H32N4O3/c1-5-8-18-16(19-12-15(22)20(3)4)21-9-6-7-14(13-21)17(2)23-10-11-24-17/h14H,5-13H2,1-4H3,(H,18,19). The monoisotopic (exact) mass is 340 g/mol. The lowest BCUT2D eigenvalue weighted by molar-refractivity contribution is -0.189. The third-order valence-electron chi connectivity index (χ3n) is 4.72. The number of rotatable bonds is 5. The van der Waals surface area contributed by atoms with E-state index in [1.165, 1.54) is 0 Å². The Balaban J connectivity index is 2.04. The number of piperidine rings is 1. The lowest BCUT2D eigenvalue weighted by atomic mass is 9.90. The molecule has 0 aromatic rings. The first-order valence-electron chi connectivity index (χ1n) is 8.97. The van der Waals surface area contributed by atoms with Crippen LogP contribution in [0.25, 0.3) is 0 Å². The van der Waals surface area contributed by atoms with Crippen LogP contribution >= 0.6 is 0 Å². The number of guanidine groups is 1. The molecule has 0 radical (unpaired) electrons. The molecule has 1 atom stereocenters. The molecule has 2 heterocycles. The average Bonchev–Trinajstić information content (AvgIpc) is 3.03. The van der Waals surface area contributed by atoms with E-state index in [0.29, 0.717) is 19.1 Å². The Bertz CT molecular complexity index is 447. The second kappa shape index (κ2) is 8.67. The second-order valence-electron chi connectivity index (χ2n) is 6.85. The Morgan fingerprint density at radius 2 is 2.08 bits per heavy atom. The molecule has 2 aliphatic rings. The van der Waals surface area contributed by atoms with Crippen molar-refractivity contribution in [2.75, 3.05) is 53.5 Å². The van der Waals surface area contributed by atoms with Gasteiger partial charge in [0, 0.05) is 39.6 Å². The lowest BCUT2D eigenvalue weighted by Gasteiger charge is -2.41. The van der Waals surface area contributed by atoms with Crippen LogP contribution in [0.5, 0.6) is 0 Å². The molecule has 0 saturated carbocycles. The summed E-state index contributed by atoms with van der Waals surface area (Å²) in [6.45, 7) is 8.29. The van der Waals surface area contributed by atoms with Gasteiger partial charge in [0.25, 0.3) is 0 Å². The quantitative estimate of drug-likeness (QED) is 0.595. The molecule has 24 heavy (non-hydrogen) atoms. The molecule has 1 amide bonds. The summed E-state index contributed by atoms with van der Waals surface area (Å²) < 4.78 is 11.7. The molecule has 0 aliphatic carbocycles. The normalized spacial score (nSPS) is 24.1. The summed E-state index contributed by atoms with van der Waals surface area (Å²) >= 11 is 0. The maximum atomic E-state index is 11.9. The van der Waals surface area contributed by atoms with Gasteiger partial charge < -0.3 is 24.6 Å². The van der Waals surface area contributed by atoms with Crippen LogP contribution in [0.4, 0.5) is 0 Å². The Kier molecular flexibility index (Phi) is 6.86. The molecule has 0 bridgehead atoms. The fourth-order valence-corrected chi connectivity index (χ4v) is 3.15. The minimum absolute atomic E-state index is 0.00813. The van der Waals surface area contributed by atoms with Gasteiger partial charge in [-0.2, -0.15) is 0 Å². The van der Waals surface area contributed by atoms with Crippen molar-refractivity contribution in [3.63, 3.8) is 0 Å². The first-order chi connectivity index (χ1) is 11.5. The maximum Gasteiger partial charge on any atom is 0.243 e. The van der Waals surface area contributed by atoms with Gasteiger partial charge in [0.15, 0.2) is 11.7 Å². The number of nitrogens with one attached hydrogen (secondary N) is 1. The highest BCUT2D eigenvalue weighted by Crippen LogP contribution is 2.34. The fourth-order valence-electron chi connectivity index (χ4n) is 3.15. The van der Waals surface area contributed by atoms with Crippen LogP contribution in [0.3, 0.4) is 0 Å². The van der Waals surface area contributed by atoms with Gasteiger partial charge in [-0.1, -0.05) is 6.92 Å². The predicted molar refractivity (Wildman–Crippen MR) is 93.9 cm³/mol. The molecule has 1 unspecified atom stereocenters. The molecule has 138 valence electrons. The molecule has 7 nitrogen and oxygen atoms in total. The number of nitrogens with zero attached hydrogens (tertiary/aromatic N) is 3. The number of ether oxygens (including phenoxy) is 2. The average molecular weight is 340 g/mol. The van der Waals surface area contributed by atoms with Crippen molar-refractivity contribution in [3.8, 4) is 0 Å². The Labute approximate surface area is 145 Å². The van der Waals surface area contributed by atoms with Crippen molar-refractivity contribution in [1.29, 1.82) is 0 Å². The number of aliphatic imine (C=N–C) groups is 1. The summed E-state index contributed by atoms with van der Waals surface area (Å²) in [6.07, 6.45) is 3.17. The van der Waals surface area contributed by atoms with E-state index < -0.39 is 5.79 Å². The summed E-state index contributed by atoms with van der Waals surface area (Å²) in [6, 6.07) is 0. The highest BCUT2D eigenvalue weighted by molar-refractivity contribution is 5.84. The van der Waals surface area contributed by atoms with Crippen molar-refractivity contribution >= 4 is 11.9 Å². The van der Waals surface area contributed by atoms with Gasteiger partial charge in [-0.3, -0.25) is 4.79 Å². The molecular formula is C17H32N4O3. The van der Waals surface area contributed by atoms with E-state index in [4.69, 9.17) is 9.47 Å². The number of hydrogen-bond donors (Lipinski definition) is 1. The van der Waals surface area contributed by atoms with E-state index in [2.05, 4.69) is 22.1 Å². The number of likely N-dealkylation sites (tertiary alicyclic amines) is 1. The van der Waals surface area contributed by atoms with Crippen LogP contribution in [0, 0.1) is 5.92 Å². The number of hydrogen-bond acceptors (Lipinski definition) is 4. The molecule has 7 heteroatoms. The maximum absolute atomic E-state index is 11.9. The van der Waals surface area contributed by atoms with E-state index in [0.717, 1.165) is 44.9 Å². The SMILES string of the molecule is CCCNC(=NCC(=O)N(C)C)N1CCCC(C2(C)OCCO2)C1. The van der Waals surface area contributed by atoms with E-state index in [-0.39, 0.29) is 12.5 Å². The Morgan fingerprint density at radius 1 is 1.38 bits per heavy atom. The molecular weight excluding hydrogens is 308 g/mol. The number of carbonyl (C=O) groups excluding carboxylic acids is 1. The zero-order chi connectivity index (χ0) is 17.6. The molecule has 0 aromatic carbocycles. The third kappa shape index (κ3) is 4.83. The summed E-state index contributed by atoms with van der Waals surface area (Å²) in [5.74, 6) is 0.646. The van der Waals surface area contributed by atoms with E-state index in [9.17, 15) is 4.79 Å². The van der Waals surface area contributed by atoms with E-state index in [1.54, 1.807) is 19.0 Å². The van der Waals surface area contributed by atoms with Gasteiger partial charge in [-0.05, 0) is 26.2 Å². The van der Waals surface area contributed by atoms with Crippen LogP contribution in [0.15, 0.2) is 4.99 Å². The first kappa shape index (κ1) is 19.0. The highest BCUT2D eigenvalue weighted by Gasteiger charge is 2.42. The van der Waals surface area contributed by atoms with Crippen LogP contribution < -0.4 is 5.32 Å². The minimum atomic E-state index is -0.492.